The minimum absolute atomic E-state index is 0.0681. The van der Waals surface area contributed by atoms with Gasteiger partial charge in [0.2, 0.25) is 15.7 Å². The molecule has 3 rings (SSSR count). The van der Waals surface area contributed by atoms with Crippen molar-refractivity contribution >= 4 is 15.7 Å². The Morgan fingerprint density at radius 2 is 1.65 bits per heavy atom. The average Bonchev–Trinajstić information content (AvgIpc) is 3.11. The summed E-state index contributed by atoms with van der Waals surface area (Å²) in [6, 6.07) is 13.3. The number of nitrogens with zero attached hydrogens (tertiary/aromatic N) is 2. The Morgan fingerprint density at radius 3 is 2.26 bits per heavy atom. The normalized spacial score (nSPS) is 16.3. The van der Waals surface area contributed by atoms with E-state index in [-0.39, 0.29) is 10.9 Å². The molecule has 120 valence electrons. The average molecular weight is 330 g/mol. The first kappa shape index (κ1) is 15.7. The predicted octanol–water partition coefficient (Wildman–Crippen LogP) is 2.22. The smallest absolute Gasteiger partial charge is 0.245 e. The van der Waals surface area contributed by atoms with Crippen LogP contribution in [0.4, 0.5) is 0 Å². The maximum Gasteiger partial charge on any atom is 0.245 e. The molecule has 1 aromatic heterocycles. The molecule has 0 spiro atoms. The molecule has 2 aromatic rings. The van der Waals surface area contributed by atoms with E-state index in [2.05, 4.69) is 4.98 Å². The summed E-state index contributed by atoms with van der Waals surface area (Å²) in [6.07, 6.45) is 3.25. The number of rotatable bonds is 4. The number of hydrogen-bond acceptors (Lipinski definition) is 4. The van der Waals surface area contributed by atoms with Crippen LogP contribution in [0.2, 0.25) is 0 Å². The molecule has 0 N–H and O–H groups in total. The lowest BCUT2D eigenvalue weighted by atomic mass is 10.1. The van der Waals surface area contributed by atoms with Gasteiger partial charge in [-0.2, -0.15) is 0 Å². The van der Waals surface area contributed by atoms with Gasteiger partial charge in [-0.3, -0.25) is 4.79 Å². The molecule has 1 fully saturated rings. The van der Waals surface area contributed by atoms with Gasteiger partial charge >= 0.3 is 0 Å². The monoisotopic (exact) mass is 330 g/mol. The van der Waals surface area contributed by atoms with Crippen molar-refractivity contribution in [2.75, 3.05) is 13.1 Å². The molecule has 1 aliphatic heterocycles. The quantitative estimate of drug-likeness (QED) is 0.862. The first-order chi connectivity index (χ1) is 11.1. The Balaban J connectivity index is 2.07. The van der Waals surface area contributed by atoms with Gasteiger partial charge in [-0.1, -0.05) is 36.4 Å². The van der Waals surface area contributed by atoms with Crippen LogP contribution < -0.4 is 0 Å². The van der Waals surface area contributed by atoms with E-state index in [1.807, 2.05) is 0 Å². The number of hydrogen-bond donors (Lipinski definition) is 0. The first-order valence-electron chi connectivity index (χ1n) is 7.59. The van der Waals surface area contributed by atoms with Crippen molar-refractivity contribution in [2.24, 2.45) is 0 Å². The lowest BCUT2D eigenvalue weighted by molar-refractivity contribution is -0.129. The third-order valence-electron chi connectivity index (χ3n) is 3.98. The molecule has 1 saturated heterocycles. The number of sulfone groups is 1. The van der Waals surface area contributed by atoms with Gasteiger partial charge < -0.3 is 4.90 Å². The van der Waals surface area contributed by atoms with Crippen LogP contribution in [0.3, 0.4) is 0 Å². The molecule has 0 saturated carbocycles. The minimum Gasteiger partial charge on any atom is -0.341 e. The molecular weight excluding hydrogens is 312 g/mol. The zero-order valence-corrected chi connectivity index (χ0v) is 13.4. The Hall–Kier alpha value is -2.21. The van der Waals surface area contributed by atoms with Crippen LogP contribution in [0.5, 0.6) is 0 Å². The molecule has 0 aliphatic carbocycles. The number of likely N-dealkylation sites (tertiary alicyclic amines) is 1. The molecule has 6 heteroatoms. The molecule has 2 heterocycles. The van der Waals surface area contributed by atoms with E-state index < -0.39 is 15.1 Å². The second-order valence-corrected chi connectivity index (χ2v) is 7.52. The zero-order valence-electron chi connectivity index (χ0n) is 12.6. The SMILES string of the molecule is O=C([C@H](c1ccccc1)S(=O)(=O)c1ccccn1)N1CCCC1. The fraction of sp³-hybridized carbons (Fsp3) is 0.294. The summed E-state index contributed by atoms with van der Waals surface area (Å²) in [7, 11) is -3.89. The van der Waals surface area contributed by atoms with Crippen molar-refractivity contribution in [2.45, 2.75) is 23.1 Å². The predicted molar refractivity (Wildman–Crippen MR) is 86.4 cm³/mol. The maximum atomic E-state index is 13.0. The molecule has 0 bridgehead atoms. The number of aromatic nitrogens is 1. The molecule has 23 heavy (non-hydrogen) atoms. The van der Waals surface area contributed by atoms with Gasteiger partial charge in [-0.05, 0) is 30.5 Å². The summed E-state index contributed by atoms with van der Waals surface area (Å²) in [6.45, 7) is 1.22. The van der Waals surface area contributed by atoms with Crippen molar-refractivity contribution in [3.63, 3.8) is 0 Å². The Labute approximate surface area is 135 Å². The third kappa shape index (κ3) is 3.12. The number of benzene rings is 1. The summed E-state index contributed by atoms with van der Waals surface area (Å²) >= 11 is 0. The van der Waals surface area contributed by atoms with Crippen LogP contribution in [0.15, 0.2) is 59.8 Å². The maximum absolute atomic E-state index is 13.0. The largest absolute Gasteiger partial charge is 0.341 e. The van der Waals surface area contributed by atoms with E-state index in [9.17, 15) is 13.2 Å². The van der Waals surface area contributed by atoms with E-state index in [4.69, 9.17) is 0 Å². The van der Waals surface area contributed by atoms with Crippen LogP contribution in [-0.2, 0) is 14.6 Å². The van der Waals surface area contributed by atoms with Gasteiger partial charge in [-0.15, -0.1) is 0 Å². The van der Waals surface area contributed by atoms with Crippen molar-refractivity contribution in [3.8, 4) is 0 Å². The fourth-order valence-electron chi connectivity index (χ4n) is 2.82. The Kier molecular flexibility index (Phi) is 4.43. The van der Waals surface area contributed by atoms with E-state index in [0.717, 1.165) is 12.8 Å². The number of pyridine rings is 1. The van der Waals surface area contributed by atoms with Gasteiger partial charge in [-0.25, -0.2) is 13.4 Å². The van der Waals surface area contributed by atoms with Crippen LogP contribution in [-0.4, -0.2) is 37.3 Å². The highest BCUT2D eigenvalue weighted by Gasteiger charge is 2.39. The summed E-state index contributed by atoms with van der Waals surface area (Å²) in [5, 5.41) is -1.31. The van der Waals surface area contributed by atoms with Crippen molar-refractivity contribution in [3.05, 3.63) is 60.3 Å². The number of carbonyl (C=O) groups excluding carboxylic acids is 1. The standard InChI is InChI=1S/C17H18N2O3S/c20-17(19-12-6-7-13-19)16(14-8-2-1-3-9-14)23(21,22)15-10-4-5-11-18-15/h1-5,8-11,16H,6-7,12-13H2/t16-/m0/s1. The molecule has 5 nitrogen and oxygen atoms in total. The Bertz CT molecular complexity index is 770. The van der Waals surface area contributed by atoms with Gasteiger partial charge in [0, 0.05) is 19.3 Å². The van der Waals surface area contributed by atoms with Gasteiger partial charge in [0.15, 0.2) is 10.3 Å². The van der Waals surface area contributed by atoms with Crippen LogP contribution in [0, 0.1) is 0 Å². The fourth-order valence-corrected chi connectivity index (χ4v) is 4.47. The van der Waals surface area contributed by atoms with Gasteiger partial charge in [0.25, 0.3) is 0 Å². The third-order valence-corrected chi connectivity index (χ3v) is 5.90. The summed E-state index contributed by atoms with van der Waals surface area (Å²) < 4.78 is 26.0. The highest BCUT2D eigenvalue weighted by atomic mass is 32.2. The molecule has 0 unspecified atom stereocenters. The molecular formula is C17H18N2O3S. The van der Waals surface area contributed by atoms with Crippen molar-refractivity contribution in [1.82, 2.24) is 9.88 Å². The van der Waals surface area contributed by atoms with Crippen LogP contribution >= 0.6 is 0 Å². The molecule has 1 aliphatic rings. The lowest BCUT2D eigenvalue weighted by Gasteiger charge is -2.23. The highest BCUT2D eigenvalue weighted by Crippen LogP contribution is 2.30. The molecule has 0 radical (unpaired) electrons. The topological polar surface area (TPSA) is 67.3 Å². The number of carbonyl (C=O) groups is 1. The van der Waals surface area contributed by atoms with Crippen LogP contribution in [0.25, 0.3) is 0 Å². The highest BCUT2D eigenvalue weighted by molar-refractivity contribution is 7.92. The first-order valence-corrected chi connectivity index (χ1v) is 9.14. The molecule has 1 amide bonds. The van der Waals surface area contributed by atoms with Crippen molar-refractivity contribution in [1.29, 1.82) is 0 Å². The second-order valence-electron chi connectivity index (χ2n) is 5.54. The van der Waals surface area contributed by atoms with E-state index in [1.165, 1.54) is 12.3 Å². The van der Waals surface area contributed by atoms with E-state index in [1.54, 1.807) is 47.4 Å². The summed E-state index contributed by atoms with van der Waals surface area (Å²) in [5.41, 5.74) is 0.482. The molecule has 1 atom stereocenters. The van der Waals surface area contributed by atoms with Gasteiger partial charge in [0.05, 0.1) is 0 Å². The van der Waals surface area contributed by atoms with Crippen molar-refractivity contribution < 1.29 is 13.2 Å². The summed E-state index contributed by atoms with van der Waals surface area (Å²) in [5.74, 6) is -0.362. The second kappa shape index (κ2) is 6.50. The van der Waals surface area contributed by atoms with Crippen LogP contribution in [0.1, 0.15) is 23.7 Å². The zero-order chi connectivity index (χ0) is 16.3. The van der Waals surface area contributed by atoms with Gasteiger partial charge in [0.1, 0.15) is 0 Å². The summed E-state index contributed by atoms with van der Waals surface area (Å²) in [4.78, 5) is 18.5. The Morgan fingerprint density at radius 1 is 1.00 bits per heavy atom. The minimum atomic E-state index is -3.89. The lowest BCUT2D eigenvalue weighted by Crippen LogP contribution is -2.36. The van der Waals surface area contributed by atoms with E-state index in [0.29, 0.717) is 18.7 Å². The number of amides is 1. The molecule has 1 aromatic carbocycles. The van der Waals surface area contributed by atoms with E-state index >= 15 is 0 Å².